The Kier molecular flexibility index (Phi) is 6.22. The Labute approximate surface area is 117 Å². The molecule has 0 radical (unpaired) electrons. The summed E-state index contributed by atoms with van der Waals surface area (Å²) in [5, 5.41) is 0. The SMILES string of the molecule is CC.CC1CN(c2nccc(C(C)C)n2)CC(C)O1. The summed E-state index contributed by atoms with van der Waals surface area (Å²) in [5.74, 6) is 1.27. The van der Waals surface area contributed by atoms with Gasteiger partial charge in [0.1, 0.15) is 0 Å². The Morgan fingerprint density at radius 1 is 1.21 bits per heavy atom. The van der Waals surface area contributed by atoms with E-state index in [9.17, 15) is 0 Å². The van der Waals surface area contributed by atoms with Gasteiger partial charge in [0.15, 0.2) is 0 Å². The highest BCUT2D eigenvalue weighted by Crippen LogP contribution is 2.18. The first-order chi connectivity index (χ1) is 9.06. The fourth-order valence-electron chi connectivity index (χ4n) is 2.18. The zero-order valence-corrected chi connectivity index (χ0v) is 13.1. The van der Waals surface area contributed by atoms with Gasteiger partial charge < -0.3 is 9.64 Å². The molecule has 4 nitrogen and oxygen atoms in total. The van der Waals surface area contributed by atoms with Crippen LogP contribution in [0, 0.1) is 0 Å². The van der Waals surface area contributed by atoms with E-state index in [4.69, 9.17) is 4.74 Å². The van der Waals surface area contributed by atoms with Crippen molar-refractivity contribution in [2.45, 2.75) is 59.7 Å². The number of rotatable bonds is 2. The normalized spacial score (nSPS) is 23.0. The van der Waals surface area contributed by atoms with Crippen LogP contribution < -0.4 is 4.90 Å². The molecule has 1 aliphatic rings. The Hall–Kier alpha value is -1.16. The predicted octanol–water partition coefficient (Wildman–Crippen LogP) is 3.24. The Morgan fingerprint density at radius 2 is 1.79 bits per heavy atom. The van der Waals surface area contributed by atoms with Crippen molar-refractivity contribution in [3.8, 4) is 0 Å². The fourth-order valence-corrected chi connectivity index (χ4v) is 2.18. The van der Waals surface area contributed by atoms with Crippen LogP contribution in [0.15, 0.2) is 12.3 Å². The van der Waals surface area contributed by atoms with Gasteiger partial charge in [0.2, 0.25) is 5.95 Å². The Bertz CT molecular complexity index is 371. The van der Waals surface area contributed by atoms with E-state index in [2.05, 4.69) is 42.6 Å². The zero-order chi connectivity index (χ0) is 14.4. The molecule has 1 aliphatic heterocycles. The molecule has 0 aromatic carbocycles. The van der Waals surface area contributed by atoms with E-state index in [-0.39, 0.29) is 12.2 Å². The van der Waals surface area contributed by atoms with Gasteiger partial charge in [-0.3, -0.25) is 0 Å². The summed E-state index contributed by atoms with van der Waals surface area (Å²) in [5.41, 5.74) is 1.10. The molecule has 2 heterocycles. The molecule has 1 aromatic rings. The predicted molar refractivity (Wildman–Crippen MR) is 79.7 cm³/mol. The molecule has 108 valence electrons. The van der Waals surface area contributed by atoms with E-state index >= 15 is 0 Å². The summed E-state index contributed by atoms with van der Waals surface area (Å²) >= 11 is 0. The fraction of sp³-hybridized carbons (Fsp3) is 0.733. The van der Waals surface area contributed by atoms with Crippen molar-refractivity contribution >= 4 is 5.95 Å². The summed E-state index contributed by atoms with van der Waals surface area (Å²) in [6.07, 6.45) is 2.33. The van der Waals surface area contributed by atoms with Crippen molar-refractivity contribution in [2.75, 3.05) is 18.0 Å². The number of nitrogens with zero attached hydrogens (tertiary/aromatic N) is 3. The molecule has 2 rings (SSSR count). The van der Waals surface area contributed by atoms with Gasteiger partial charge in [-0.2, -0.15) is 0 Å². The molecule has 0 bridgehead atoms. The molecule has 0 spiro atoms. The Morgan fingerprint density at radius 3 is 2.32 bits per heavy atom. The maximum atomic E-state index is 5.72. The van der Waals surface area contributed by atoms with Crippen LogP contribution in [-0.4, -0.2) is 35.3 Å². The third-order valence-corrected chi connectivity index (χ3v) is 2.96. The van der Waals surface area contributed by atoms with Gasteiger partial charge in [-0.25, -0.2) is 9.97 Å². The first-order valence-electron chi connectivity index (χ1n) is 7.29. The average molecular weight is 265 g/mol. The molecule has 1 fully saturated rings. The van der Waals surface area contributed by atoms with Gasteiger partial charge in [0.05, 0.1) is 12.2 Å². The molecule has 19 heavy (non-hydrogen) atoms. The van der Waals surface area contributed by atoms with E-state index in [1.807, 2.05) is 26.1 Å². The monoisotopic (exact) mass is 265 g/mol. The van der Waals surface area contributed by atoms with Crippen molar-refractivity contribution in [3.63, 3.8) is 0 Å². The van der Waals surface area contributed by atoms with Crippen molar-refractivity contribution in [1.82, 2.24) is 9.97 Å². The maximum Gasteiger partial charge on any atom is 0.225 e. The number of hydrogen-bond donors (Lipinski definition) is 0. The van der Waals surface area contributed by atoms with Gasteiger partial charge in [-0.1, -0.05) is 27.7 Å². The molecule has 1 aromatic heterocycles. The highest BCUT2D eigenvalue weighted by atomic mass is 16.5. The summed E-state index contributed by atoms with van der Waals surface area (Å²) in [6, 6.07) is 1.99. The maximum absolute atomic E-state index is 5.72. The lowest BCUT2D eigenvalue weighted by atomic mass is 10.1. The number of aromatic nitrogens is 2. The second-order valence-corrected chi connectivity index (χ2v) is 5.10. The molecule has 2 unspecified atom stereocenters. The van der Waals surface area contributed by atoms with Crippen LogP contribution >= 0.6 is 0 Å². The van der Waals surface area contributed by atoms with Crippen LogP contribution in [0.5, 0.6) is 0 Å². The molecule has 2 atom stereocenters. The van der Waals surface area contributed by atoms with Crippen LogP contribution in [0.4, 0.5) is 5.95 Å². The lowest BCUT2D eigenvalue weighted by Crippen LogP contribution is -2.46. The zero-order valence-electron chi connectivity index (χ0n) is 13.1. The van der Waals surface area contributed by atoms with Crippen LogP contribution in [0.3, 0.4) is 0 Å². The lowest BCUT2D eigenvalue weighted by molar-refractivity contribution is -0.00573. The minimum absolute atomic E-state index is 0.241. The third-order valence-electron chi connectivity index (χ3n) is 2.96. The first kappa shape index (κ1) is 15.9. The molecular formula is C15H27N3O. The largest absolute Gasteiger partial charge is 0.372 e. The highest BCUT2D eigenvalue weighted by Gasteiger charge is 2.24. The summed E-state index contributed by atoms with van der Waals surface area (Å²) < 4.78 is 5.72. The van der Waals surface area contributed by atoms with E-state index in [1.165, 1.54) is 0 Å². The van der Waals surface area contributed by atoms with Crippen molar-refractivity contribution < 1.29 is 4.74 Å². The summed E-state index contributed by atoms with van der Waals surface area (Å²) in [4.78, 5) is 11.2. The van der Waals surface area contributed by atoms with Gasteiger partial charge in [0.25, 0.3) is 0 Å². The summed E-state index contributed by atoms with van der Waals surface area (Å²) in [6.45, 7) is 14.2. The standard InChI is InChI=1S/C13H21N3O.C2H6/c1-9(2)12-5-6-14-13(15-12)16-7-10(3)17-11(4)8-16;1-2/h5-6,9-11H,7-8H2,1-4H3;1-2H3. The van der Waals surface area contributed by atoms with Gasteiger partial charge in [0, 0.05) is 25.0 Å². The quantitative estimate of drug-likeness (QED) is 0.823. The number of hydrogen-bond acceptors (Lipinski definition) is 4. The van der Waals surface area contributed by atoms with Crippen molar-refractivity contribution in [2.24, 2.45) is 0 Å². The van der Waals surface area contributed by atoms with Gasteiger partial charge >= 0.3 is 0 Å². The van der Waals surface area contributed by atoms with Crippen LogP contribution in [0.25, 0.3) is 0 Å². The van der Waals surface area contributed by atoms with E-state index < -0.39 is 0 Å². The first-order valence-corrected chi connectivity index (χ1v) is 7.29. The van der Waals surface area contributed by atoms with Crippen molar-refractivity contribution in [3.05, 3.63) is 18.0 Å². The molecule has 1 saturated heterocycles. The topological polar surface area (TPSA) is 38.2 Å². The second kappa shape index (κ2) is 7.43. The minimum Gasteiger partial charge on any atom is -0.372 e. The molecule has 0 amide bonds. The number of morpholine rings is 1. The smallest absolute Gasteiger partial charge is 0.225 e. The van der Waals surface area contributed by atoms with E-state index in [0.717, 1.165) is 24.7 Å². The molecule has 0 aliphatic carbocycles. The average Bonchev–Trinajstić information content (AvgIpc) is 2.40. The van der Waals surface area contributed by atoms with Gasteiger partial charge in [-0.05, 0) is 25.8 Å². The molecule has 0 saturated carbocycles. The van der Waals surface area contributed by atoms with Gasteiger partial charge in [-0.15, -0.1) is 0 Å². The summed E-state index contributed by atoms with van der Waals surface area (Å²) in [7, 11) is 0. The highest BCUT2D eigenvalue weighted by molar-refractivity contribution is 5.32. The van der Waals surface area contributed by atoms with E-state index in [1.54, 1.807) is 0 Å². The lowest BCUT2D eigenvalue weighted by Gasteiger charge is -2.35. The number of ether oxygens (including phenoxy) is 1. The Balaban J connectivity index is 0.000000861. The van der Waals surface area contributed by atoms with Crippen LogP contribution in [-0.2, 0) is 4.74 Å². The molecule has 4 heteroatoms. The second-order valence-electron chi connectivity index (χ2n) is 5.10. The molecule has 0 N–H and O–H groups in total. The minimum atomic E-state index is 0.241. The van der Waals surface area contributed by atoms with Crippen LogP contribution in [0.1, 0.15) is 53.2 Å². The third kappa shape index (κ3) is 4.46. The molecular weight excluding hydrogens is 238 g/mol. The van der Waals surface area contributed by atoms with Crippen molar-refractivity contribution in [1.29, 1.82) is 0 Å². The van der Waals surface area contributed by atoms with E-state index in [0.29, 0.717) is 5.92 Å². The number of anilines is 1. The van der Waals surface area contributed by atoms with Crippen LogP contribution in [0.2, 0.25) is 0 Å².